The Morgan fingerprint density at radius 3 is 2.00 bits per heavy atom. The van der Waals surface area contributed by atoms with Gasteiger partial charge >= 0.3 is 0 Å². The van der Waals surface area contributed by atoms with Crippen LogP contribution in [0.1, 0.15) is 46.0 Å². The van der Waals surface area contributed by atoms with Crippen molar-refractivity contribution >= 4 is 0 Å². The quantitative estimate of drug-likeness (QED) is 0.494. The second kappa shape index (κ2) is 6.05. The van der Waals surface area contributed by atoms with Crippen LogP contribution in [0.5, 0.6) is 0 Å². The smallest absolute Gasteiger partial charge is 0.0257 e. The number of rotatable bonds is 7. The van der Waals surface area contributed by atoms with Crippen molar-refractivity contribution in [2.75, 3.05) is 0 Å². The first-order valence-corrected chi connectivity index (χ1v) is 4.90. The van der Waals surface area contributed by atoms with Gasteiger partial charge in [-0.2, -0.15) is 0 Å². The van der Waals surface area contributed by atoms with Crippen LogP contribution in [0.25, 0.3) is 0 Å². The van der Waals surface area contributed by atoms with Gasteiger partial charge in [-0.3, -0.25) is 0 Å². The van der Waals surface area contributed by atoms with Crippen molar-refractivity contribution in [3.63, 3.8) is 0 Å². The molecular weight excluding hydrogens is 144 g/mol. The van der Waals surface area contributed by atoms with E-state index in [0.717, 1.165) is 12.8 Å². The lowest BCUT2D eigenvalue weighted by Gasteiger charge is -2.26. The maximum atomic E-state index is 3.80. The monoisotopic (exact) mass is 166 g/mol. The number of hydrogen-bond acceptors (Lipinski definition) is 0. The maximum Gasteiger partial charge on any atom is -0.0257 e. The Morgan fingerprint density at radius 1 is 1.17 bits per heavy atom. The maximum absolute atomic E-state index is 3.80. The summed E-state index contributed by atoms with van der Waals surface area (Å²) in [7, 11) is 0. The van der Waals surface area contributed by atoms with E-state index in [1.165, 1.54) is 19.3 Å². The molecule has 0 unspecified atom stereocenters. The summed E-state index contributed by atoms with van der Waals surface area (Å²) in [6.07, 6.45) is 10.2. The minimum atomic E-state index is 0.416. The molecule has 0 aromatic heterocycles. The molecule has 0 aliphatic carbocycles. The summed E-state index contributed by atoms with van der Waals surface area (Å²) < 4.78 is 0. The molecule has 12 heavy (non-hydrogen) atoms. The van der Waals surface area contributed by atoms with Gasteiger partial charge in [-0.25, -0.2) is 0 Å². The summed E-state index contributed by atoms with van der Waals surface area (Å²) >= 11 is 0. The highest BCUT2D eigenvalue weighted by Crippen LogP contribution is 2.32. The minimum absolute atomic E-state index is 0.416. The molecule has 0 aliphatic rings. The predicted octanol–water partition coefficient (Wildman–Crippen LogP) is 4.34. The van der Waals surface area contributed by atoms with Crippen molar-refractivity contribution in [1.82, 2.24) is 0 Å². The SMILES string of the molecule is C=CCC(C)(CC=C)CCCC. The van der Waals surface area contributed by atoms with Gasteiger partial charge in [0.1, 0.15) is 0 Å². The first-order valence-electron chi connectivity index (χ1n) is 4.90. The molecule has 0 heterocycles. The molecule has 0 aliphatic heterocycles. The van der Waals surface area contributed by atoms with Crippen LogP contribution >= 0.6 is 0 Å². The van der Waals surface area contributed by atoms with Crippen molar-refractivity contribution in [1.29, 1.82) is 0 Å². The fourth-order valence-electron chi connectivity index (χ4n) is 1.59. The molecule has 0 aromatic carbocycles. The summed E-state index contributed by atoms with van der Waals surface area (Å²) in [6, 6.07) is 0. The molecule has 0 amide bonds. The van der Waals surface area contributed by atoms with E-state index >= 15 is 0 Å². The summed E-state index contributed by atoms with van der Waals surface area (Å²) in [5.74, 6) is 0. The zero-order valence-electron chi connectivity index (χ0n) is 8.60. The van der Waals surface area contributed by atoms with Gasteiger partial charge in [0, 0.05) is 0 Å². The van der Waals surface area contributed by atoms with E-state index in [1.807, 2.05) is 12.2 Å². The van der Waals surface area contributed by atoms with Crippen LogP contribution in [0, 0.1) is 5.41 Å². The second-order valence-electron chi connectivity index (χ2n) is 3.90. The van der Waals surface area contributed by atoms with E-state index in [1.54, 1.807) is 0 Å². The molecule has 0 saturated heterocycles. The largest absolute Gasteiger partial charge is 0.103 e. The Balaban J connectivity index is 3.96. The van der Waals surface area contributed by atoms with Crippen LogP contribution in [-0.2, 0) is 0 Å². The van der Waals surface area contributed by atoms with Crippen LogP contribution in [0.3, 0.4) is 0 Å². The lowest BCUT2D eigenvalue weighted by molar-refractivity contribution is 0.295. The minimum Gasteiger partial charge on any atom is -0.103 e. The van der Waals surface area contributed by atoms with Crippen LogP contribution in [0.2, 0.25) is 0 Å². The third kappa shape index (κ3) is 4.38. The summed E-state index contributed by atoms with van der Waals surface area (Å²) in [6.45, 7) is 12.2. The van der Waals surface area contributed by atoms with Crippen LogP contribution < -0.4 is 0 Å². The summed E-state index contributed by atoms with van der Waals surface area (Å²) in [5, 5.41) is 0. The number of unbranched alkanes of at least 4 members (excludes halogenated alkanes) is 1. The molecule has 0 atom stereocenters. The molecular formula is C12H22. The summed E-state index contributed by atoms with van der Waals surface area (Å²) in [4.78, 5) is 0. The zero-order chi connectivity index (χ0) is 9.45. The Bertz CT molecular complexity index is 123. The van der Waals surface area contributed by atoms with Crippen molar-refractivity contribution in [2.45, 2.75) is 46.0 Å². The van der Waals surface area contributed by atoms with Crippen molar-refractivity contribution in [2.24, 2.45) is 5.41 Å². The lowest BCUT2D eigenvalue weighted by atomic mass is 9.79. The average molecular weight is 166 g/mol. The first-order chi connectivity index (χ1) is 5.68. The van der Waals surface area contributed by atoms with E-state index in [9.17, 15) is 0 Å². The molecule has 70 valence electrons. The van der Waals surface area contributed by atoms with Gasteiger partial charge in [-0.05, 0) is 24.7 Å². The standard InChI is InChI=1S/C12H22/c1-5-8-11-12(4,9-6-2)10-7-3/h6-7H,2-3,5,8-11H2,1,4H3. The van der Waals surface area contributed by atoms with Gasteiger partial charge in [0.25, 0.3) is 0 Å². The highest BCUT2D eigenvalue weighted by atomic mass is 14.2. The molecule has 0 rings (SSSR count). The third-order valence-corrected chi connectivity index (χ3v) is 2.41. The van der Waals surface area contributed by atoms with Gasteiger partial charge in [0.05, 0.1) is 0 Å². The average Bonchev–Trinajstić information content (AvgIpc) is 2.02. The highest BCUT2D eigenvalue weighted by molar-refractivity contribution is 4.88. The van der Waals surface area contributed by atoms with Crippen molar-refractivity contribution in [3.8, 4) is 0 Å². The number of hydrogen-bond donors (Lipinski definition) is 0. The van der Waals surface area contributed by atoms with Gasteiger partial charge in [-0.15, -0.1) is 13.2 Å². The molecule has 0 aromatic rings. The van der Waals surface area contributed by atoms with Crippen LogP contribution in [0.4, 0.5) is 0 Å². The van der Waals surface area contributed by atoms with Crippen molar-refractivity contribution < 1.29 is 0 Å². The Labute approximate surface area is 77.4 Å². The molecule has 0 saturated carbocycles. The second-order valence-corrected chi connectivity index (χ2v) is 3.90. The first kappa shape index (κ1) is 11.5. The summed E-state index contributed by atoms with van der Waals surface area (Å²) in [5.41, 5.74) is 0.416. The Morgan fingerprint density at radius 2 is 1.67 bits per heavy atom. The number of allylic oxidation sites excluding steroid dienone is 2. The normalized spacial score (nSPS) is 11.2. The van der Waals surface area contributed by atoms with E-state index < -0.39 is 0 Å². The van der Waals surface area contributed by atoms with Gasteiger partial charge < -0.3 is 0 Å². The van der Waals surface area contributed by atoms with E-state index in [2.05, 4.69) is 27.0 Å². The van der Waals surface area contributed by atoms with Gasteiger partial charge in [-0.1, -0.05) is 38.8 Å². The third-order valence-electron chi connectivity index (χ3n) is 2.41. The van der Waals surface area contributed by atoms with E-state index in [4.69, 9.17) is 0 Å². The van der Waals surface area contributed by atoms with E-state index in [-0.39, 0.29) is 0 Å². The van der Waals surface area contributed by atoms with Crippen LogP contribution in [-0.4, -0.2) is 0 Å². The Kier molecular flexibility index (Phi) is 5.79. The fourth-order valence-corrected chi connectivity index (χ4v) is 1.59. The predicted molar refractivity (Wildman–Crippen MR) is 57.3 cm³/mol. The van der Waals surface area contributed by atoms with E-state index in [0.29, 0.717) is 5.41 Å². The molecule has 0 bridgehead atoms. The molecule has 0 N–H and O–H groups in total. The zero-order valence-corrected chi connectivity index (χ0v) is 8.60. The molecule has 0 heteroatoms. The highest BCUT2D eigenvalue weighted by Gasteiger charge is 2.19. The van der Waals surface area contributed by atoms with Gasteiger partial charge in [0.2, 0.25) is 0 Å². The molecule has 0 nitrogen and oxygen atoms in total. The van der Waals surface area contributed by atoms with Gasteiger partial charge in [0.15, 0.2) is 0 Å². The Hall–Kier alpha value is -0.520. The fraction of sp³-hybridized carbons (Fsp3) is 0.667. The molecule has 0 radical (unpaired) electrons. The topological polar surface area (TPSA) is 0 Å². The van der Waals surface area contributed by atoms with Crippen LogP contribution in [0.15, 0.2) is 25.3 Å². The molecule has 0 spiro atoms. The van der Waals surface area contributed by atoms with Crippen molar-refractivity contribution in [3.05, 3.63) is 25.3 Å². The lowest BCUT2D eigenvalue weighted by Crippen LogP contribution is -2.14. The molecule has 0 fully saturated rings.